The molecule has 1 aromatic rings. The quantitative estimate of drug-likeness (QED) is 0.833. The molecule has 1 aliphatic heterocycles. The zero-order valence-electron chi connectivity index (χ0n) is 13.6. The van der Waals surface area contributed by atoms with E-state index in [1.807, 2.05) is 6.92 Å². The number of rotatable bonds is 7. The van der Waals surface area contributed by atoms with Crippen LogP contribution in [0.25, 0.3) is 0 Å². The zero-order chi connectivity index (χ0) is 15.2. The van der Waals surface area contributed by atoms with E-state index in [1.165, 1.54) is 6.42 Å². The van der Waals surface area contributed by atoms with E-state index in [-0.39, 0.29) is 0 Å². The van der Waals surface area contributed by atoms with E-state index in [2.05, 4.69) is 45.9 Å². The first-order valence-electron chi connectivity index (χ1n) is 8.01. The maximum Gasteiger partial charge on any atom is 0.323 e. The smallest absolute Gasteiger partial charge is 0.323 e. The lowest BCUT2D eigenvalue weighted by atomic mass is 9.95. The summed E-state index contributed by atoms with van der Waals surface area (Å²) in [5.74, 6) is 2.75. The monoisotopic (exact) mass is 293 g/mol. The number of anilines is 2. The highest BCUT2D eigenvalue weighted by Gasteiger charge is 2.27. The van der Waals surface area contributed by atoms with Crippen molar-refractivity contribution in [1.29, 1.82) is 0 Å². The molecule has 118 valence electrons. The van der Waals surface area contributed by atoms with Gasteiger partial charge >= 0.3 is 6.01 Å². The third-order valence-electron chi connectivity index (χ3n) is 3.86. The van der Waals surface area contributed by atoms with Gasteiger partial charge in [-0.2, -0.15) is 15.0 Å². The van der Waals surface area contributed by atoms with E-state index in [9.17, 15) is 0 Å². The van der Waals surface area contributed by atoms with Crippen molar-refractivity contribution in [3.8, 4) is 6.01 Å². The standard InChI is InChI=1S/C15H27N5O/c1-5-8-16-13-17-14(19-15(18-13)21-6-2)20-9-7-12(10-20)11(3)4/h11-12H,5-10H2,1-4H3,(H,16,17,18,19). The van der Waals surface area contributed by atoms with Crippen molar-refractivity contribution in [2.75, 3.05) is 36.5 Å². The van der Waals surface area contributed by atoms with Gasteiger partial charge in [0.15, 0.2) is 0 Å². The van der Waals surface area contributed by atoms with Crippen molar-refractivity contribution >= 4 is 11.9 Å². The van der Waals surface area contributed by atoms with Crippen molar-refractivity contribution in [2.24, 2.45) is 11.8 Å². The molecule has 21 heavy (non-hydrogen) atoms. The zero-order valence-corrected chi connectivity index (χ0v) is 13.6. The van der Waals surface area contributed by atoms with E-state index in [0.717, 1.165) is 32.0 Å². The number of hydrogen-bond donors (Lipinski definition) is 1. The topological polar surface area (TPSA) is 63.2 Å². The van der Waals surface area contributed by atoms with Gasteiger partial charge in [0.05, 0.1) is 6.61 Å². The fourth-order valence-corrected chi connectivity index (χ4v) is 2.51. The average Bonchev–Trinajstić information content (AvgIpc) is 2.95. The molecule has 1 atom stereocenters. The number of hydrogen-bond acceptors (Lipinski definition) is 6. The SMILES string of the molecule is CCCNc1nc(OCC)nc(N2CCC(C(C)C)C2)n1. The highest BCUT2D eigenvalue weighted by atomic mass is 16.5. The maximum atomic E-state index is 5.47. The average molecular weight is 293 g/mol. The van der Waals surface area contributed by atoms with Crippen molar-refractivity contribution in [3.63, 3.8) is 0 Å². The molecule has 0 radical (unpaired) electrons. The molecule has 2 rings (SSSR count). The molecular weight excluding hydrogens is 266 g/mol. The Bertz CT molecular complexity index is 452. The van der Waals surface area contributed by atoms with Crippen LogP contribution in [-0.2, 0) is 0 Å². The number of aromatic nitrogens is 3. The Labute approximate surface area is 127 Å². The van der Waals surface area contributed by atoms with Gasteiger partial charge in [0.25, 0.3) is 0 Å². The Morgan fingerprint density at radius 2 is 2.10 bits per heavy atom. The molecular formula is C15H27N5O. The largest absolute Gasteiger partial charge is 0.464 e. The summed E-state index contributed by atoms with van der Waals surface area (Å²) in [5, 5.41) is 3.22. The summed E-state index contributed by atoms with van der Waals surface area (Å²) in [6.45, 7) is 12.0. The molecule has 1 aliphatic rings. The van der Waals surface area contributed by atoms with Gasteiger partial charge in [-0.3, -0.25) is 0 Å². The minimum atomic E-state index is 0.411. The second-order valence-electron chi connectivity index (χ2n) is 5.84. The molecule has 0 amide bonds. The van der Waals surface area contributed by atoms with Crippen LogP contribution in [0.2, 0.25) is 0 Å². The van der Waals surface area contributed by atoms with Crippen LogP contribution < -0.4 is 15.0 Å². The molecule has 0 bridgehead atoms. The van der Waals surface area contributed by atoms with Gasteiger partial charge in [0, 0.05) is 19.6 Å². The molecule has 1 saturated heterocycles. The lowest BCUT2D eigenvalue weighted by molar-refractivity contribution is 0.312. The van der Waals surface area contributed by atoms with Crippen LogP contribution in [-0.4, -0.2) is 41.2 Å². The molecule has 0 aliphatic carbocycles. The summed E-state index contributed by atoms with van der Waals surface area (Å²) in [6, 6.07) is 0.411. The second kappa shape index (κ2) is 7.43. The third kappa shape index (κ3) is 4.19. The Morgan fingerprint density at radius 3 is 2.71 bits per heavy atom. The van der Waals surface area contributed by atoms with E-state index >= 15 is 0 Å². The van der Waals surface area contributed by atoms with Crippen molar-refractivity contribution in [2.45, 2.75) is 40.5 Å². The van der Waals surface area contributed by atoms with Crippen LogP contribution in [0, 0.1) is 11.8 Å². The summed E-state index contributed by atoms with van der Waals surface area (Å²) in [5.41, 5.74) is 0. The van der Waals surface area contributed by atoms with E-state index in [0.29, 0.717) is 30.4 Å². The second-order valence-corrected chi connectivity index (χ2v) is 5.84. The van der Waals surface area contributed by atoms with Gasteiger partial charge in [0.1, 0.15) is 0 Å². The van der Waals surface area contributed by atoms with E-state index in [1.54, 1.807) is 0 Å². The van der Waals surface area contributed by atoms with Crippen LogP contribution in [0.3, 0.4) is 0 Å². The Morgan fingerprint density at radius 1 is 1.29 bits per heavy atom. The van der Waals surface area contributed by atoms with Gasteiger partial charge in [-0.25, -0.2) is 0 Å². The number of nitrogens with zero attached hydrogens (tertiary/aromatic N) is 4. The van der Waals surface area contributed by atoms with Gasteiger partial charge in [0.2, 0.25) is 11.9 Å². The van der Waals surface area contributed by atoms with Crippen LogP contribution in [0.4, 0.5) is 11.9 Å². The lowest BCUT2D eigenvalue weighted by Crippen LogP contribution is -2.24. The summed E-state index contributed by atoms with van der Waals surface area (Å²) in [6.07, 6.45) is 2.23. The van der Waals surface area contributed by atoms with Gasteiger partial charge in [-0.05, 0) is 31.6 Å². The first-order chi connectivity index (χ1) is 10.1. The van der Waals surface area contributed by atoms with Crippen LogP contribution in [0.1, 0.15) is 40.5 Å². The molecule has 1 unspecified atom stereocenters. The Balaban J connectivity index is 2.15. The summed E-state index contributed by atoms with van der Waals surface area (Å²) < 4.78 is 5.47. The van der Waals surface area contributed by atoms with E-state index in [4.69, 9.17) is 4.74 Å². The maximum absolute atomic E-state index is 5.47. The molecule has 1 N–H and O–H groups in total. The van der Waals surface area contributed by atoms with Crippen LogP contribution >= 0.6 is 0 Å². The predicted octanol–water partition coefficient (Wildman–Crippen LogP) is 2.57. The highest BCUT2D eigenvalue weighted by molar-refractivity contribution is 5.39. The Hall–Kier alpha value is -1.59. The highest BCUT2D eigenvalue weighted by Crippen LogP contribution is 2.27. The van der Waals surface area contributed by atoms with Crippen LogP contribution in [0.5, 0.6) is 6.01 Å². The molecule has 6 nitrogen and oxygen atoms in total. The molecule has 0 saturated carbocycles. The minimum Gasteiger partial charge on any atom is -0.464 e. The Kier molecular flexibility index (Phi) is 5.59. The molecule has 1 fully saturated rings. The van der Waals surface area contributed by atoms with Crippen LogP contribution in [0.15, 0.2) is 0 Å². The normalized spacial score (nSPS) is 18.3. The summed E-state index contributed by atoms with van der Waals surface area (Å²) in [7, 11) is 0. The first kappa shape index (κ1) is 15.8. The van der Waals surface area contributed by atoms with Gasteiger partial charge in [-0.15, -0.1) is 0 Å². The summed E-state index contributed by atoms with van der Waals surface area (Å²) in [4.78, 5) is 15.5. The number of ether oxygens (including phenoxy) is 1. The molecule has 2 heterocycles. The fourth-order valence-electron chi connectivity index (χ4n) is 2.51. The molecule has 0 aromatic carbocycles. The van der Waals surface area contributed by atoms with Gasteiger partial charge in [-0.1, -0.05) is 20.8 Å². The molecule has 1 aromatic heterocycles. The van der Waals surface area contributed by atoms with Crippen molar-refractivity contribution in [3.05, 3.63) is 0 Å². The number of nitrogens with one attached hydrogen (secondary N) is 1. The minimum absolute atomic E-state index is 0.411. The first-order valence-corrected chi connectivity index (χ1v) is 8.01. The van der Waals surface area contributed by atoms with Gasteiger partial charge < -0.3 is 15.0 Å². The predicted molar refractivity (Wildman–Crippen MR) is 84.9 cm³/mol. The molecule has 0 spiro atoms. The lowest BCUT2D eigenvalue weighted by Gasteiger charge is -2.19. The summed E-state index contributed by atoms with van der Waals surface area (Å²) >= 11 is 0. The molecule has 6 heteroatoms. The third-order valence-corrected chi connectivity index (χ3v) is 3.86. The fraction of sp³-hybridized carbons (Fsp3) is 0.800. The van der Waals surface area contributed by atoms with Crippen molar-refractivity contribution < 1.29 is 4.74 Å². The van der Waals surface area contributed by atoms with E-state index < -0.39 is 0 Å². The van der Waals surface area contributed by atoms with Crippen molar-refractivity contribution in [1.82, 2.24) is 15.0 Å².